The van der Waals surface area contributed by atoms with Crippen LogP contribution >= 0.6 is 11.8 Å². The molecule has 1 N–H and O–H groups in total. The maximum atomic E-state index is 15.1. The van der Waals surface area contributed by atoms with E-state index < -0.39 is 57.4 Å². The lowest BCUT2D eigenvalue weighted by molar-refractivity contribution is -0.176. The number of anilines is 2. The molecule has 3 amide bonds. The number of nitrogens with one attached hydrogen (secondary N) is 1. The number of carbonyl (C=O) groups excluding carboxylic acids is 2. The molecule has 3 aromatic carbocycles. The summed E-state index contributed by atoms with van der Waals surface area (Å²) in [6.07, 6.45) is -1.86. The molecule has 1 aliphatic heterocycles. The quantitative estimate of drug-likeness (QED) is 0.193. The van der Waals surface area contributed by atoms with E-state index in [1.54, 1.807) is 13.0 Å². The van der Waals surface area contributed by atoms with Crippen molar-refractivity contribution in [2.24, 2.45) is 4.99 Å². The normalized spacial score (nSPS) is 14.9. The molecular formula is C30H22F7N5O5S2. The molecule has 4 aromatic rings. The Morgan fingerprint density at radius 1 is 1.04 bits per heavy atom. The van der Waals surface area contributed by atoms with E-state index in [-0.39, 0.29) is 44.8 Å². The molecule has 1 fully saturated rings. The Kier molecular flexibility index (Phi) is 9.89. The largest absolute Gasteiger partial charge is 0.501 e. The number of carbonyl (C=O) groups is 2. The zero-order chi connectivity index (χ0) is 35.7. The number of aromatic nitrogens is 2. The van der Waals surface area contributed by atoms with Crippen molar-refractivity contribution in [1.82, 2.24) is 9.55 Å². The minimum atomic E-state index is -5.53. The second-order valence-electron chi connectivity index (χ2n) is 10.4. The summed E-state index contributed by atoms with van der Waals surface area (Å²) in [6, 6.07) is 11.2. The van der Waals surface area contributed by atoms with Gasteiger partial charge < -0.3 is 14.6 Å². The third kappa shape index (κ3) is 8.11. The number of halogens is 7. The average molecular weight is 730 g/mol. The smallest absolute Gasteiger partial charge is 0.367 e. The molecule has 0 unspecified atom stereocenters. The van der Waals surface area contributed by atoms with Crippen LogP contribution in [0.4, 0.5) is 46.9 Å². The summed E-state index contributed by atoms with van der Waals surface area (Å²) in [5, 5.41) is 2.20. The topological polar surface area (TPSA) is 123 Å². The van der Waals surface area contributed by atoms with Crippen molar-refractivity contribution in [2.75, 3.05) is 22.6 Å². The van der Waals surface area contributed by atoms with Gasteiger partial charge in [0.05, 0.1) is 40.7 Å². The molecule has 258 valence electrons. The third-order valence-electron chi connectivity index (χ3n) is 6.81. The molecule has 19 heteroatoms. The first-order chi connectivity index (χ1) is 22.9. The molecule has 0 radical (unpaired) electrons. The molecule has 0 bridgehead atoms. The van der Waals surface area contributed by atoms with Crippen LogP contribution in [-0.4, -0.2) is 59.1 Å². The van der Waals surface area contributed by atoms with Gasteiger partial charge in [-0.15, -0.1) is 0 Å². The number of aryl methyl sites for hydroxylation is 1. The molecule has 0 saturated carbocycles. The fourth-order valence-electron chi connectivity index (χ4n) is 4.51. The molecular weight excluding hydrogens is 707 g/mol. The molecule has 1 aromatic heterocycles. The molecule has 5 rings (SSSR count). The number of ether oxygens (including phenoxy) is 1. The first-order valence-electron chi connectivity index (χ1n) is 13.8. The number of urea groups is 1. The SMILES string of the molecule is Cc1ccc(COCC(F)(F)F)c(N2C(=O)CSC2=NC(=O)Nc2ccc(-c3cn(-c4ccc(S(=O)(=O)C(F)(F)F)cc4)cn3)cc2F)c1. The van der Waals surface area contributed by atoms with Crippen LogP contribution in [0.25, 0.3) is 16.9 Å². The lowest BCUT2D eigenvalue weighted by Gasteiger charge is -2.21. The predicted octanol–water partition coefficient (Wildman–Crippen LogP) is 7.03. The molecule has 0 spiro atoms. The van der Waals surface area contributed by atoms with Gasteiger partial charge in [-0.3, -0.25) is 9.69 Å². The number of sulfone groups is 1. The van der Waals surface area contributed by atoms with Gasteiger partial charge in [0.1, 0.15) is 12.4 Å². The van der Waals surface area contributed by atoms with Crippen molar-refractivity contribution in [3.63, 3.8) is 0 Å². The van der Waals surface area contributed by atoms with Crippen LogP contribution < -0.4 is 10.2 Å². The van der Waals surface area contributed by atoms with Crippen LogP contribution in [0.15, 0.2) is 83.1 Å². The number of nitrogens with zero attached hydrogens (tertiary/aromatic N) is 4. The third-order valence-corrected chi connectivity index (χ3v) is 9.23. The van der Waals surface area contributed by atoms with Gasteiger partial charge >= 0.3 is 17.7 Å². The fraction of sp³-hybridized carbons (Fsp3) is 0.200. The van der Waals surface area contributed by atoms with E-state index in [1.807, 2.05) is 0 Å². The number of rotatable bonds is 8. The van der Waals surface area contributed by atoms with E-state index in [0.717, 1.165) is 47.0 Å². The zero-order valence-electron chi connectivity index (χ0n) is 24.8. The minimum absolute atomic E-state index is 0.0863. The Labute approximate surface area is 277 Å². The van der Waals surface area contributed by atoms with Crippen LogP contribution in [0, 0.1) is 12.7 Å². The summed E-state index contributed by atoms with van der Waals surface area (Å²) in [5.74, 6) is -1.50. The van der Waals surface area contributed by atoms with Gasteiger partial charge in [0.2, 0.25) is 5.91 Å². The van der Waals surface area contributed by atoms with Crippen LogP contribution in [0.5, 0.6) is 0 Å². The van der Waals surface area contributed by atoms with Gasteiger partial charge in [0.15, 0.2) is 5.17 Å². The lowest BCUT2D eigenvalue weighted by atomic mass is 10.1. The number of aliphatic imine (C=N–C) groups is 1. The predicted molar refractivity (Wildman–Crippen MR) is 165 cm³/mol. The summed E-state index contributed by atoms with van der Waals surface area (Å²) in [5.41, 5.74) is -3.89. The summed E-state index contributed by atoms with van der Waals surface area (Å²) < 4.78 is 121. The van der Waals surface area contributed by atoms with Gasteiger partial charge in [0.25, 0.3) is 9.84 Å². The van der Waals surface area contributed by atoms with Crippen LogP contribution in [0.2, 0.25) is 0 Å². The Hall–Kier alpha value is -4.75. The second kappa shape index (κ2) is 13.6. The fourth-order valence-corrected chi connectivity index (χ4v) is 6.13. The first kappa shape index (κ1) is 35.6. The van der Waals surface area contributed by atoms with Crippen molar-refractivity contribution in [2.45, 2.75) is 30.1 Å². The maximum Gasteiger partial charge on any atom is 0.501 e. The van der Waals surface area contributed by atoms with E-state index >= 15 is 4.39 Å². The highest BCUT2D eigenvalue weighted by molar-refractivity contribution is 8.15. The van der Waals surface area contributed by atoms with Gasteiger partial charge in [-0.1, -0.05) is 30.0 Å². The molecule has 10 nitrogen and oxygen atoms in total. The van der Waals surface area contributed by atoms with Crippen molar-refractivity contribution < 1.29 is 53.5 Å². The van der Waals surface area contributed by atoms with Gasteiger partial charge in [-0.05, 0) is 55.0 Å². The highest BCUT2D eigenvalue weighted by Gasteiger charge is 2.46. The molecule has 49 heavy (non-hydrogen) atoms. The first-order valence-corrected chi connectivity index (χ1v) is 16.2. The van der Waals surface area contributed by atoms with Crippen molar-refractivity contribution in [3.8, 4) is 16.9 Å². The standard InChI is InChI=1S/C30H22F7N5O5S2/c1-17-2-3-19(13-47-15-29(32,33)34)25(10-17)42-26(43)14-48-28(42)40-27(44)39-23-9-4-18(11-22(23)31)24-12-41(16-38-24)20-5-7-21(8-6-20)49(45,46)30(35,36)37/h2-12,16H,13-15H2,1H3,(H,39,44). The maximum absolute atomic E-state index is 15.1. The van der Waals surface area contributed by atoms with E-state index in [2.05, 4.69) is 15.3 Å². The number of imidazole rings is 1. The van der Waals surface area contributed by atoms with Crippen molar-refractivity contribution >= 4 is 50.1 Å². The number of alkyl halides is 6. The molecule has 0 aliphatic carbocycles. The number of amides is 3. The van der Waals surface area contributed by atoms with E-state index in [4.69, 9.17) is 4.74 Å². The Morgan fingerprint density at radius 2 is 1.76 bits per heavy atom. The summed E-state index contributed by atoms with van der Waals surface area (Å²) in [7, 11) is -5.53. The number of amidine groups is 1. The van der Waals surface area contributed by atoms with Gasteiger partial charge in [-0.25, -0.2) is 22.6 Å². The number of hydrogen-bond acceptors (Lipinski definition) is 7. The number of thioether (sulfide) groups is 1. The Morgan fingerprint density at radius 3 is 2.41 bits per heavy atom. The number of benzene rings is 3. The van der Waals surface area contributed by atoms with Crippen LogP contribution in [0.3, 0.4) is 0 Å². The molecule has 1 aliphatic rings. The van der Waals surface area contributed by atoms with E-state index in [1.165, 1.54) is 41.4 Å². The number of hydrogen-bond donors (Lipinski definition) is 1. The zero-order valence-corrected chi connectivity index (χ0v) is 26.5. The highest BCUT2D eigenvalue weighted by atomic mass is 32.2. The monoisotopic (exact) mass is 729 g/mol. The van der Waals surface area contributed by atoms with Crippen LogP contribution in [0.1, 0.15) is 11.1 Å². The molecule has 1 saturated heterocycles. The average Bonchev–Trinajstić information content (AvgIpc) is 3.65. The van der Waals surface area contributed by atoms with Gasteiger partial charge in [0, 0.05) is 23.0 Å². The van der Waals surface area contributed by atoms with Crippen molar-refractivity contribution in [3.05, 3.63) is 90.1 Å². The minimum Gasteiger partial charge on any atom is -0.367 e. The summed E-state index contributed by atoms with van der Waals surface area (Å²) in [6.45, 7) is -0.280. The van der Waals surface area contributed by atoms with Crippen LogP contribution in [-0.2, 0) is 26.0 Å². The van der Waals surface area contributed by atoms with Gasteiger partial charge in [-0.2, -0.15) is 31.3 Å². The molecule has 0 atom stereocenters. The van der Waals surface area contributed by atoms with E-state index in [9.17, 15) is 44.3 Å². The van der Waals surface area contributed by atoms with E-state index in [0.29, 0.717) is 5.56 Å². The van der Waals surface area contributed by atoms with Crippen molar-refractivity contribution in [1.29, 1.82) is 0 Å². The Balaban J connectivity index is 1.30. The Bertz CT molecular complexity index is 2050. The molecule has 2 heterocycles. The lowest BCUT2D eigenvalue weighted by Crippen LogP contribution is -2.31. The second-order valence-corrected chi connectivity index (χ2v) is 13.3. The summed E-state index contributed by atoms with van der Waals surface area (Å²) in [4.78, 5) is 33.8. The summed E-state index contributed by atoms with van der Waals surface area (Å²) >= 11 is 0.903. The highest BCUT2D eigenvalue weighted by Crippen LogP contribution is 2.33.